The number of ether oxygens (including phenoxy) is 1. The first kappa shape index (κ1) is 12.9. The number of hydrogen-bond donors (Lipinski definition) is 1. The molecule has 0 radical (unpaired) electrons. The number of carbonyl (C=O) groups excluding carboxylic acids is 1. The van der Waals surface area contributed by atoms with Crippen molar-refractivity contribution in [3.8, 4) is 0 Å². The van der Waals surface area contributed by atoms with Crippen LogP contribution >= 0.6 is 0 Å². The molecule has 0 bridgehead atoms. The Morgan fingerprint density at radius 3 is 2.37 bits per heavy atom. The Balaban J connectivity index is 1.95. The van der Waals surface area contributed by atoms with Gasteiger partial charge in [0.15, 0.2) is 0 Å². The van der Waals surface area contributed by atoms with Gasteiger partial charge in [-0.15, -0.1) is 0 Å². The van der Waals surface area contributed by atoms with Gasteiger partial charge in [-0.2, -0.15) is 0 Å². The average molecular weight is 262 g/mol. The quantitative estimate of drug-likeness (QED) is 0.828. The van der Waals surface area contributed by atoms with Crippen LogP contribution in [0.5, 0.6) is 0 Å². The molecule has 0 saturated heterocycles. The van der Waals surface area contributed by atoms with Gasteiger partial charge in [0.05, 0.1) is 13.1 Å². The number of amides is 2. The van der Waals surface area contributed by atoms with E-state index < -0.39 is 12.2 Å². The van der Waals surface area contributed by atoms with Gasteiger partial charge in [-0.05, 0) is 5.56 Å². The molecule has 0 saturated carbocycles. The van der Waals surface area contributed by atoms with Crippen molar-refractivity contribution >= 4 is 12.2 Å². The lowest BCUT2D eigenvalue weighted by molar-refractivity contribution is -0.00513. The fraction of sp³-hybridized carbons (Fsp3) is 0.231. The van der Waals surface area contributed by atoms with E-state index in [1.165, 1.54) is 0 Å². The van der Waals surface area contributed by atoms with E-state index in [0.29, 0.717) is 0 Å². The molecule has 0 aromatic heterocycles. The Kier molecular flexibility index (Phi) is 4.02. The minimum atomic E-state index is -1.18. The predicted octanol–water partition coefficient (Wildman–Crippen LogP) is 2.09. The maximum absolute atomic E-state index is 11.9. The fourth-order valence-electron chi connectivity index (χ4n) is 1.69. The Morgan fingerprint density at radius 1 is 1.11 bits per heavy atom. The summed E-state index contributed by atoms with van der Waals surface area (Å²) in [6, 6.07) is 9.22. The van der Waals surface area contributed by atoms with E-state index in [1.807, 2.05) is 30.3 Å². The molecule has 2 rings (SSSR count). The van der Waals surface area contributed by atoms with Gasteiger partial charge in [0.25, 0.3) is 0 Å². The van der Waals surface area contributed by atoms with Crippen LogP contribution in [0.4, 0.5) is 9.59 Å². The minimum Gasteiger partial charge on any atom is -0.464 e. The highest BCUT2D eigenvalue weighted by atomic mass is 16.6. The van der Waals surface area contributed by atoms with Crippen molar-refractivity contribution in [3.05, 3.63) is 48.0 Å². The first-order chi connectivity index (χ1) is 9.18. The van der Waals surface area contributed by atoms with E-state index in [1.54, 1.807) is 12.2 Å². The highest BCUT2D eigenvalue weighted by Crippen LogP contribution is 2.09. The maximum atomic E-state index is 11.9. The van der Waals surface area contributed by atoms with Gasteiger partial charge in [-0.1, -0.05) is 42.5 Å². The molecule has 1 aliphatic heterocycles. The smallest absolute Gasteiger partial charge is 0.429 e. The van der Waals surface area contributed by atoms with E-state index in [2.05, 4.69) is 0 Å². The van der Waals surface area contributed by atoms with Crippen molar-refractivity contribution in [1.82, 2.24) is 10.0 Å². The van der Waals surface area contributed by atoms with Gasteiger partial charge in [-0.3, -0.25) is 0 Å². The van der Waals surface area contributed by atoms with E-state index in [0.717, 1.165) is 15.6 Å². The summed E-state index contributed by atoms with van der Waals surface area (Å²) in [4.78, 5) is 22.8. The predicted molar refractivity (Wildman–Crippen MR) is 67.2 cm³/mol. The zero-order valence-electron chi connectivity index (χ0n) is 10.2. The molecule has 0 atom stereocenters. The molecule has 1 aliphatic rings. The molecule has 0 aliphatic carbocycles. The van der Waals surface area contributed by atoms with E-state index in [4.69, 9.17) is 9.84 Å². The monoisotopic (exact) mass is 262 g/mol. The molecule has 0 spiro atoms. The third kappa shape index (κ3) is 3.25. The summed E-state index contributed by atoms with van der Waals surface area (Å²) in [5.74, 6) is 0. The summed E-state index contributed by atoms with van der Waals surface area (Å²) in [5, 5.41) is 11.0. The Morgan fingerprint density at radius 2 is 1.74 bits per heavy atom. The van der Waals surface area contributed by atoms with Crippen LogP contribution in [-0.4, -0.2) is 40.4 Å². The second-order valence-electron chi connectivity index (χ2n) is 3.96. The Hall–Kier alpha value is -2.50. The van der Waals surface area contributed by atoms with Crippen molar-refractivity contribution in [2.45, 2.75) is 6.61 Å². The Bertz CT molecular complexity index is 487. The van der Waals surface area contributed by atoms with Crippen LogP contribution in [0.25, 0.3) is 0 Å². The lowest BCUT2D eigenvalue weighted by atomic mass is 10.2. The normalized spacial score (nSPS) is 14.3. The van der Waals surface area contributed by atoms with Crippen molar-refractivity contribution in [2.75, 3.05) is 13.1 Å². The third-order valence-corrected chi connectivity index (χ3v) is 2.65. The summed E-state index contributed by atoms with van der Waals surface area (Å²) in [7, 11) is 0. The van der Waals surface area contributed by atoms with Crippen LogP contribution in [0.15, 0.2) is 42.5 Å². The van der Waals surface area contributed by atoms with Gasteiger partial charge in [0.2, 0.25) is 0 Å². The van der Waals surface area contributed by atoms with Crippen LogP contribution in [0.3, 0.4) is 0 Å². The Labute approximate surface area is 110 Å². The van der Waals surface area contributed by atoms with Crippen molar-refractivity contribution in [1.29, 1.82) is 0 Å². The van der Waals surface area contributed by atoms with Crippen LogP contribution in [-0.2, 0) is 11.3 Å². The molecule has 19 heavy (non-hydrogen) atoms. The van der Waals surface area contributed by atoms with Crippen molar-refractivity contribution in [3.63, 3.8) is 0 Å². The SMILES string of the molecule is O=C(O)N1CC=CCN1C(=O)OCc1ccccc1. The fourth-order valence-corrected chi connectivity index (χ4v) is 1.69. The molecule has 0 unspecified atom stereocenters. The molecular formula is C13H14N2O4. The number of carboxylic acid groups (broad SMARTS) is 1. The second kappa shape index (κ2) is 5.90. The molecule has 6 nitrogen and oxygen atoms in total. The first-order valence-electron chi connectivity index (χ1n) is 5.82. The summed E-state index contributed by atoms with van der Waals surface area (Å²) in [6.07, 6.45) is 1.56. The van der Waals surface area contributed by atoms with Crippen LogP contribution in [0.1, 0.15) is 5.56 Å². The number of rotatable bonds is 2. The van der Waals surface area contributed by atoms with Gasteiger partial charge in [0, 0.05) is 0 Å². The standard InChI is InChI=1S/C13H14N2O4/c16-12(17)14-8-4-5-9-15(14)13(18)19-10-11-6-2-1-3-7-11/h1-7H,8-10H2,(H,16,17). The minimum absolute atomic E-state index is 0.118. The number of hydrogen-bond acceptors (Lipinski definition) is 3. The van der Waals surface area contributed by atoms with Gasteiger partial charge in [0.1, 0.15) is 6.61 Å². The maximum Gasteiger partial charge on any atom is 0.429 e. The molecule has 0 fully saturated rings. The summed E-state index contributed by atoms with van der Waals surface area (Å²) < 4.78 is 5.10. The van der Waals surface area contributed by atoms with E-state index in [9.17, 15) is 9.59 Å². The molecule has 1 aromatic rings. The highest BCUT2D eigenvalue weighted by molar-refractivity contribution is 5.73. The lowest BCUT2D eigenvalue weighted by Crippen LogP contribution is -2.51. The topological polar surface area (TPSA) is 70.1 Å². The zero-order chi connectivity index (χ0) is 13.7. The van der Waals surface area contributed by atoms with Gasteiger partial charge in [-0.25, -0.2) is 19.6 Å². The van der Waals surface area contributed by atoms with Crippen molar-refractivity contribution < 1.29 is 19.4 Å². The molecule has 1 N–H and O–H groups in total. The number of hydrazine groups is 1. The molecular weight excluding hydrogens is 248 g/mol. The lowest BCUT2D eigenvalue weighted by Gasteiger charge is -2.32. The molecule has 100 valence electrons. The number of nitrogens with zero attached hydrogens (tertiary/aromatic N) is 2. The summed E-state index contributed by atoms with van der Waals surface area (Å²) in [6.45, 7) is 0.461. The molecule has 6 heteroatoms. The molecule has 1 heterocycles. The van der Waals surface area contributed by atoms with E-state index >= 15 is 0 Å². The van der Waals surface area contributed by atoms with Crippen LogP contribution in [0.2, 0.25) is 0 Å². The third-order valence-electron chi connectivity index (χ3n) is 2.65. The largest absolute Gasteiger partial charge is 0.464 e. The highest BCUT2D eigenvalue weighted by Gasteiger charge is 2.27. The van der Waals surface area contributed by atoms with Gasteiger partial charge < -0.3 is 9.84 Å². The second-order valence-corrected chi connectivity index (χ2v) is 3.96. The molecule has 1 aromatic carbocycles. The van der Waals surface area contributed by atoms with Gasteiger partial charge >= 0.3 is 12.2 Å². The zero-order valence-corrected chi connectivity index (χ0v) is 10.2. The van der Waals surface area contributed by atoms with E-state index in [-0.39, 0.29) is 19.7 Å². The summed E-state index contributed by atoms with van der Waals surface area (Å²) in [5.41, 5.74) is 0.852. The van der Waals surface area contributed by atoms with Crippen LogP contribution in [0, 0.1) is 0 Å². The first-order valence-corrected chi connectivity index (χ1v) is 5.82. The summed E-state index contributed by atoms with van der Waals surface area (Å²) >= 11 is 0. The average Bonchev–Trinajstić information content (AvgIpc) is 2.46. The number of carbonyl (C=O) groups is 2. The van der Waals surface area contributed by atoms with Crippen LogP contribution < -0.4 is 0 Å². The van der Waals surface area contributed by atoms with Crippen molar-refractivity contribution in [2.24, 2.45) is 0 Å². The number of benzene rings is 1. The molecule has 2 amide bonds.